The number of nitro benzene ring substituents is 1. The van der Waals surface area contributed by atoms with Crippen molar-refractivity contribution in [3.05, 3.63) is 52.1 Å². The zero-order valence-corrected chi connectivity index (χ0v) is 18.3. The number of fused-ring (bicyclic) bond motifs is 1. The lowest BCUT2D eigenvalue weighted by atomic mass is 10.2. The molecular formula is C22H23N3O9. The molecule has 12 nitrogen and oxygen atoms in total. The van der Waals surface area contributed by atoms with Crippen molar-refractivity contribution in [3.63, 3.8) is 0 Å². The Hall–Kier alpha value is -4.35. The Kier molecular flexibility index (Phi) is 8.21. The number of carbonyl (C=O) groups is 3. The van der Waals surface area contributed by atoms with Gasteiger partial charge in [-0.05, 0) is 19.1 Å². The van der Waals surface area contributed by atoms with Crippen molar-refractivity contribution in [2.75, 3.05) is 38.3 Å². The van der Waals surface area contributed by atoms with E-state index < -0.39 is 41.5 Å². The highest BCUT2D eigenvalue weighted by atomic mass is 16.6. The number of hydrogen-bond acceptors (Lipinski definition) is 9. The van der Waals surface area contributed by atoms with Crippen molar-refractivity contribution in [2.45, 2.75) is 13.3 Å². The SMILES string of the molecule is CCOc1ccccc1C(=O)NCC(=O)OCC(=O)Nc1cc2c(cc1[N+](=O)[O-])OCCCO2. The molecule has 34 heavy (non-hydrogen) atoms. The molecule has 0 radical (unpaired) electrons. The van der Waals surface area contributed by atoms with Gasteiger partial charge in [0, 0.05) is 12.5 Å². The normalized spacial score (nSPS) is 12.1. The highest BCUT2D eigenvalue weighted by molar-refractivity contribution is 5.99. The third kappa shape index (κ3) is 6.34. The van der Waals surface area contributed by atoms with Gasteiger partial charge in [0.25, 0.3) is 17.5 Å². The summed E-state index contributed by atoms with van der Waals surface area (Å²) in [5.41, 5.74) is -0.281. The standard InChI is InChI=1S/C22H23N3O9/c1-2-31-17-7-4-3-6-14(17)22(28)23-12-21(27)34-13-20(26)24-15-10-18-19(11-16(15)25(29)30)33-9-5-8-32-18/h3-4,6-7,10-11H,2,5,8-9,12-13H2,1H3,(H,23,28)(H,24,26). The van der Waals surface area contributed by atoms with Crippen LogP contribution in [0.2, 0.25) is 0 Å². The zero-order chi connectivity index (χ0) is 24.5. The lowest BCUT2D eigenvalue weighted by Gasteiger charge is -2.12. The van der Waals surface area contributed by atoms with E-state index in [0.717, 1.165) is 6.07 Å². The summed E-state index contributed by atoms with van der Waals surface area (Å²) in [6.45, 7) is 1.64. The summed E-state index contributed by atoms with van der Waals surface area (Å²) in [6, 6.07) is 8.98. The molecule has 0 aromatic heterocycles. The van der Waals surface area contributed by atoms with Crippen LogP contribution in [-0.2, 0) is 14.3 Å². The Morgan fingerprint density at radius 1 is 1.12 bits per heavy atom. The first kappa shape index (κ1) is 24.3. The molecule has 0 saturated heterocycles. The maximum Gasteiger partial charge on any atom is 0.325 e. The Bertz CT molecular complexity index is 1090. The van der Waals surface area contributed by atoms with E-state index in [-0.39, 0.29) is 22.7 Å². The number of esters is 1. The summed E-state index contributed by atoms with van der Waals surface area (Å²) in [6.07, 6.45) is 0.605. The minimum absolute atomic E-state index is 0.129. The molecule has 0 unspecified atom stereocenters. The number of nitrogens with one attached hydrogen (secondary N) is 2. The minimum Gasteiger partial charge on any atom is -0.493 e. The molecule has 0 spiro atoms. The van der Waals surface area contributed by atoms with Gasteiger partial charge in [0.15, 0.2) is 18.1 Å². The van der Waals surface area contributed by atoms with Crippen LogP contribution < -0.4 is 24.8 Å². The Morgan fingerprint density at radius 3 is 2.53 bits per heavy atom. The summed E-state index contributed by atoms with van der Waals surface area (Å²) in [7, 11) is 0. The first-order chi connectivity index (χ1) is 16.4. The maximum absolute atomic E-state index is 12.3. The number of anilines is 1. The molecule has 180 valence electrons. The predicted molar refractivity (Wildman–Crippen MR) is 118 cm³/mol. The van der Waals surface area contributed by atoms with Gasteiger partial charge in [0.1, 0.15) is 18.0 Å². The van der Waals surface area contributed by atoms with Crippen molar-refractivity contribution in [1.82, 2.24) is 5.32 Å². The predicted octanol–water partition coefficient (Wildman–Crippen LogP) is 2.07. The van der Waals surface area contributed by atoms with E-state index >= 15 is 0 Å². The zero-order valence-electron chi connectivity index (χ0n) is 18.3. The van der Waals surface area contributed by atoms with Gasteiger partial charge in [-0.15, -0.1) is 0 Å². The number of hydrogen-bond donors (Lipinski definition) is 2. The van der Waals surface area contributed by atoms with Crippen LogP contribution in [0.1, 0.15) is 23.7 Å². The quantitative estimate of drug-likeness (QED) is 0.316. The van der Waals surface area contributed by atoms with E-state index in [4.69, 9.17) is 18.9 Å². The molecule has 1 aliphatic heterocycles. The van der Waals surface area contributed by atoms with E-state index in [2.05, 4.69) is 10.6 Å². The Morgan fingerprint density at radius 2 is 1.82 bits per heavy atom. The number of amides is 2. The second-order valence-corrected chi connectivity index (χ2v) is 6.94. The van der Waals surface area contributed by atoms with Crippen LogP contribution in [0.5, 0.6) is 17.2 Å². The number of para-hydroxylation sites is 1. The fourth-order valence-corrected chi connectivity index (χ4v) is 3.02. The van der Waals surface area contributed by atoms with Crippen LogP contribution in [0.4, 0.5) is 11.4 Å². The first-order valence-corrected chi connectivity index (χ1v) is 10.4. The molecule has 1 aliphatic rings. The number of rotatable bonds is 9. The number of nitro groups is 1. The van der Waals surface area contributed by atoms with E-state index in [1.807, 2.05) is 0 Å². The monoisotopic (exact) mass is 473 g/mol. The molecule has 0 bridgehead atoms. The molecule has 0 atom stereocenters. The van der Waals surface area contributed by atoms with Crippen molar-refractivity contribution in [1.29, 1.82) is 0 Å². The summed E-state index contributed by atoms with van der Waals surface area (Å²) in [4.78, 5) is 47.2. The van der Waals surface area contributed by atoms with Gasteiger partial charge in [-0.2, -0.15) is 0 Å². The van der Waals surface area contributed by atoms with E-state index in [9.17, 15) is 24.5 Å². The highest BCUT2D eigenvalue weighted by Gasteiger charge is 2.23. The summed E-state index contributed by atoms with van der Waals surface area (Å²) < 4.78 is 21.1. The van der Waals surface area contributed by atoms with Crippen LogP contribution in [0.25, 0.3) is 0 Å². The molecule has 0 aliphatic carbocycles. The van der Waals surface area contributed by atoms with Crippen LogP contribution in [0.15, 0.2) is 36.4 Å². The smallest absolute Gasteiger partial charge is 0.325 e. The minimum atomic E-state index is -0.870. The van der Waals surface area contributed by atoms with Crippen LogP contribution in [0.3, 0.4) is 0 Å². The van der Waals surface area contributed by atoms with Crippen molar-refractivity contribution in [3.8, 4) is 17.2 Å². The molecule has 2 aromatic carbocycles. The summed E-state index contributed by atoms with van der Waals surface area (Å²) >= 11 is 0. The molecule has 2 amide bonds. The molecule has 0 fully saturated rings. The fraction of sp³-hybridized carbons (Fsp3) is 0.318. The van der Waals surface area contributed by atoms with E-state index in [0.29, 0.717) is 32.0 Å². The molecule has 12 heteroatoms. The lowest BCUT2D eigenvalue weighted by molar-refractivity contribution is -0.384. The number of nitrogens with zero attached hydrogens (tertiary/aromatic N) is 1. The van der Waals surface area contributed by atoms with Crippen molar-refractivity contribution in [2.24, 2.45) is 0 Å². The third-order valence-electron chi connectivity index (χ3n) is 4.53. The molecule has 2 N–H and O–H groups in total. The van der Waals surface area contributed by atoms with Gasteiger partial charge in [-0.25, -0.2) is 0 Å². The van der Waals surface area contributed by atoms with Crippen molar-refractivity contribution >= 4 is 29.2 Å². The average molecular weight is 473 g/mol. The van der Waals surface area contributed by atoms with Gasteiger partial charge < -0.3 is 29.6 Å². The molecular weight excluding hydrogens is 450 g/mol. The lowest BCUT2D eigenvalue weighted by Crippen LogP contribution is -2.32. The second kappa shape index (κ2) is 11.5. The van der Waals surface area contributed by atoms with E-state index in [1.54, 1.807) is 31.2 Å². The Labute approximate surface area is 194 Å². The molecule has 2 aromatic rings. The second-order valence-electron chi connectivity index (χ2n) is 6.94. The summed E-state index contributed by atoms with van der Waals surface area (Å²) in [5.74, 6) is -1.40. The van der Waals surface area contributed by atoms with Crippen LogP contribution >= 0.6 is 0 Å². The fourth-order valence-electron chi connectivity index (χ4n) is 3.02. The van der Waals surface area contributed by atoms with Gasteiger partial charge in [0.05, 0.1) is 36.4 Å². The first-order valence-electron chi connectivity index (χ1n) is 10.4. The molecule has 0 saturated carbocycles. The topological polar surface area (TPSA) is 155 Å². The Balaban J connectivity index is 1.54. The van der Waals surface area contributed by atoms with E-state index in [1.165, 1.54) is 6.07 Å². The average Bonchev–Trinajstić information content (AvgIpc) is 3.06. The maximum atomic E-state index is 12.3. The summed E-state index contributed by atoms with van der Waals surface area (Å²) in [5, 5.41) is 16.1. The van der Waals surface area contributed by atoms with Gasteiger partial charge in [-0.3, -0.25) is 24.5 Å². The van der Waals surface area contributed by atoms with Crippen LogP contribution in [-0.4, -0.2) is 55.7 Å². The number of carbonyl (C=O) groups excluding carboxylic acids is 3. The van der Waals surface area contributed by atoms with Crippen LogP contribution in [0, 0.1) is 10.1 Å². The number of ether oxygens (including phenoxy) is 4. The molecule has 1 heterocycles. The third-order valence-corrected chi connectivity index (χ3v) is 4.53. The highest BCUT2D eigenvalue weighted by Crippen LogP contribution is 2.39. The van der Waals surface area contributed by atoms with Gasteiger partial charge in [0.2, 0.25) is 0 Å². The number of benzene rings is 2. The molecule has 3 rings (SSSR count). The van der Waals surface area contributed by atoms with Crippen molar-refractivity contribution < 1.29 is 38.3 Å². The largest absolute Gasteiger partial charge is 0.493 e. The van der Waals surface area contributed by atoms with Gasteiger partial charge in [-0.1, -0.05) is 12.1 Å². The van der Waals surface area contributed by atoms with Gasteiger partial charge >= 0.3 is 5.97 Å².